The van der Waals surface area contributed by atoms with Gasteiger partial charge in [0.05, 0.1) is 0 Å². The molecule has 0 bridgehead atoms. The van der Waals surface area contributed by atoms with Crippen LogP contribution in [-0.2, 0) is 6.54 Å². The van der Waals surface area contributed by atoms with E-state index in [9.17, 15) is 0 Å². The lowest BCUT2D eigenvalue weighted by Crippen LogP contribution is -2.33. The van der Waals surface area contributed by atoms with Gasteiger partial charge in [-0.2, -0.15) is 0 Å². The Morgan fingerprint density at radius 2 is 1.70 bits per heavy atom. The first-order valence-corrected chi connectivity index (χ1v) is 7.50. The predicted octanol–water partition coefficient (Wildman–Crippen LogP) is 3.20. The van der Waals surface area contributed by atoms with E-state index in [1.807, 2.05) is 0 Å². The summed E-state index contributed by atoms with van der Waals surface area (Å²) in [6, 6.07) is 20.0. The van der Waals surface area contributed by atoms with Gasteiger partial charge in [0.25, 0.3) is 0 Å². The standard InChI is InChI=1S/C18H22N2/c1-2-5-16(6-3-1)17-10-8-15(9-11-17)13-19-14-18-7-4-12-20-18/h1-3,5-6,8-11,18-20H,4,7,12-14H2. The van der Waals surface area contributed by atoms with Gasteiger partial charge in [0.2, 0.25) is 0 Å². The zero-order valence-corrected chi connectivity index (χ0v) is 11.8. The van der Waals surface area contributed by atoms with Crippen molar-refractivity contribution >= 4 is 0 Å². The zero-order chi connectivity index (χ0) is 13.6. The Balaban J connectivity index is 1.53. The Bertz CT molecular complexity index is 513. The third-order valence-corrected chi connectivity index (χ3v) is 3.94. The van der Waals surface area contributed by atoms with E-state index in [1.54, 1.807) is 0 Å². The zero-order valence-electron chi connectivity index (χ0n) is 11.8. The molecule has 2 N–H and O–H groups in total. The van der Waals surface area contributed by atoms with Gasteiger partial charge in [-0.1, -0.05) is 54.6 Å². The van der Waals surface area contributed by atoms with Crippen LogP contribution in [-0.4, -0.2) is 19.1 Å². The summed E-state index contributed by atoms with van der Waals surface area (Å²) < 4.78 is 0. The van der Waals surface area contributed by atoms with E-state index >= 15 is 0 Å². The van der Waals surface area contributed by atoms with Gasteiger partial charge < -0.3 is 10.6 Å². The van der Waals surface area contributed by atoms with Crippen LogP contribution in [0.25, 0.3) is 11.1 Å². The summed E-state index contributed by atoms with van der Waals surface area (Å²) in [5.74, 6) is 0. The normalized spacial score (nSPS) is 18.3. The molecule has 1 aliphatic heterocycles. The van der Waals surface area contributed by atoms with Gasteiger partial charge in [-0.25, -0.2) is 0 Å². The van der Waals surface area contributed by atoms with Crippen LogP contribution in [0.5, 0.6) is 0 Å². The minimum absolute atomic E-state index is 0.665. The molecular weight excluding hydrogens is 244 g/mol. The second-order valence-electron chi connectivity index (χ2n) is 5.49. The molecule has 0 saturated carbocycles. The van der Waals surface area contributed by atoms with E-state index in [-0.39, 0.29) is 0 Å². The summed E-state index contributed by atoms with van der Waals surface area (Å²) in [4.78, 5) is 0. The third-order valence-electron chi connectivity index (χ3n) is 3.94. The van der Waals surface area contributed by atoms with Crippen molar-refractivity contribution in [3.8, 4) is 11.1 Å². The van der Waals surface area contributed by atoms with Crippen LogP contribution in [0.2, 0.25) is 0 Å². The molecule has 0 aliphatic carbocycles. The molecule has 0 aromatic heterocycles. The second-order valence-corrected chi connectivity index (χ2v) is 5.49. The number of hydrogen-bond acceptors (Lipinski definition) is 2. The Kier molecular flexibility index (Phi) is 4.46. The largest absolute Gasteiger partial charge is 0.313 e. The average molecular weight is 266 g/mol. The van der Waals surface area contributed by atoms with Crippen molar-refractivity contribution in [1.29, 1.82) is 0 Å². The molecule has 1 aliphatic rings. The maximum absolute atomic E-state index is 3.54. The van der Waals surface area contributed by atoms with E-state index in [1.165, 1.54) is 36.1 Å². The molecule has 104 valence electrons. The lowest BCUT2D eigenvalue weighted by atomic mass is 10.0. The Hall–Kier alpha value is -1.64. The lowest BCUT2D eigenvalue weighted by Gasteiger charge is -2.11. The summed E-state index contributed by atoms with van der Waals surface area (Å²) in [5, 5.41) is 7.05. The van der Waals surface area contributed by atoms with Crippen molar-refractivity contribution in [2.24, 2.45) is 0 Å². The summed E-state index contributed by atoms with van der Waals surface area (Å²) >= 11 is 0. The molecule has 0 spiro atoms. The van der Waals surface area contributed by atoms with Gasteiger partial charge in [0, 0.05) is 19.1 Å². The van der Waals surface area contributed by atoms with Crippen LogP contribution in [0.15, 0.2) is 54.6 Å². The smallest absolute Gasteiger partial charge is 0.0206 e. The van der Waals surface area contributed by atoms with Crippen molar-refractivity contribution in [2.45, 2.75) is 25.4 Å². The first kappa shape index (κ1) is 13.3. The summed E-state index contributed by atoms with van der Waals surface area (Å²) in [5.41, 5.74) is 3.91. The first-order valence-electron chi connectivity index (χ1n) is 7.50. The van der Waals surface area contributed by atoms with Crippen LogP contribution in [0.4, 0.5) is 0 Å². The fraction of sp³-hybridized carbons (Fsp3) is 0.333. The molecule has 2 heteroatoms. The number of hydrogen-bond donors (Lipinski definition) is 2. The average Bonchev–Trinajstić information content (AvgIpc) is 3.02. The van der Waals surface area contributed by atoms with Gasteiger partial charge in [0.1, 0.15) is 0 Å². The van der Waals surface area contributed by atoms with Gasteiger partial charge in [-0.05, 0) is 36.1 Å². The van der Waals surface area contributed by atoms with Crippen LogP contribution in [0.3, 0.4) is 0 Å². The minimum atomic E-state index is 0.665. The second kappa shape index (κ2) is 6.69. The lowest BCUT2D eigenvalue weighted by molar-refractivity contribution is 0.536. The van der Waals surface area contributed by atoms with Gasteiger partial charge in [-0.15, -0.1) is 0 Å². The molecule has 1 fully saturated rings. The monoisotopic (exact) mass is 266 g/mol. The quantitative estimate of drug-likeness (QED) is 0.868. The summed E-state index contributed by atoms with van der Waals surface area (Å²) in [6.45, 7) is 3.20. The highest BCUT2D eigenvalue weighted by Gasteiger charge is 2.12. The highest BCUT2D eigenvalue weighted by molar-refractivity contribution is 5.63. The molecule has 0 amide bonds. The van der Waals surface area contributed by atoms with Crippen LogP contribution in [0, 0.1) is 0 Å². The van der Waals surface area contributed by atoms with Gasteiger partial charge >= 0.3 is 0 Å². The highest BCUT2D eigenvalue weighted by atomic mass is 15.0. The van der Waals surface area contributed by atoms with Crippen LogP contribution < -0.4 is 10.6 Å². The number of rotatable bonds is 5. The maximum Gasteiger partial charge on any atom is 0.0206 e. The topological polar surface area (TPSA) is 24.1 Å². The maximum atomic E-state index is 3.54. The minimum Gasteiger partial charge on any atom is -0.313 e. The molecule has 0 radical (unpaired) electrons. The highest BCUT2D eigenvalue weighted by Crippen LogP contribution is 2.19. The van der Waals surface area contributed by atoms with Gasteiger partial charge in [-0.3, -0.25) is 0 Å². The molecule has 2 aromatic rings. The molecular formula is C18H22N2. The fourth-order valence-corrected chi connectivity index (χ4v) is 2.77. The molecule has 1 atom stereocenters. The third kappa shape index (κ3) is 3.47. The Labute approximate surface area is 121 Å². The van der Waals surface area contributed by atoms with Crippen molar-refractivity contribution in [2.75, 3.05) is 13.1 Å². The fourth-order valence-electron chi connectivity index (χ4n) is 2.77. The van der Waals surface area contributed by atoms with E-state index in [0.717, 1.165) is 13.1 Å². The summed E-state index contributed by atoms with van der Waals surface area (Å²) in [7, 11) is 0. The van der Waals surface area contributed by atoms with Crippen molar-refractivity contribution in [1.82, 2.24) is 10.6 Å². The molecule has 1 unspecified atom stereocenters. The van der Waals surface area contributed by atoms with Gasteiger partial charge in [0.15, 0.2) is 0 Å². The number of benzene rings is 2. The molecule has 1 saturated heterocycles. The van der Waals surface area contributed by atoms with E-state index in [4.69, 9.17) is 0 Å². The Morgan fingerprint density at radius 3 is 2.40 bits per heavy atom. The number of nitrogens with one attached hydrogen (secondary N) is 2. The molecule has 2 nitrogen and oxygen atoms in total. The molecule has 1 heterocycles. The predicted molar refractivity (Wildman–Crippen MR) is 84.6 cm³/mol. The van der Waals surface area contributed by atoms with E-state index in [2.05, 4.69) is 65.2 Å². The molecule has 2 aromatic carbocycles. The van der Waals surface area contributed by atoms with Crippen molar-refractivity contribution in [3.05, 3.63) is 60.2 Å². The van der Waals surface area contributed by atoms with E-state index in [0.29, 0.717) is 6.04 Å². The first-order chi connectivity index (χ1) is 9.92. The van der Waals surface area contributed by atoms with Crippen molar-refractivity contribution in [3.63, 3.8) is 0 Å². The summed E-state index contributed by atoms with van der Waals surface area (Å²) in [6.07, 6.45) is 2.62. The van der Waals surface area contributed by atoms with Crippen molar-refractivity contribution < 1.29 is 0 Å². The Morgan fingerprint density at radius 1 is 0.950 bits per heavy atom. The van der Waals surface area contributed by atoms with E-state index < -0.39 is 0 Å². The van der Waals surface area contributed by atoms with Crippen LogP contribution >= 0.6 is 0 Å². The van der Waals surface area contributed by atoms with Crippen LogP contribution in [0.1, 0.15) is 18.4 Å². The SMILES string of the molecule is c1ccc(-c2ccc(CNCC3CCCN3)cc2)cc1. The molecule has 20 heavy (non-hydrogen) atoms. The molecule has 3 rings (SSSR count).